The number of alkyl carbamates (subject to hydrolysis) is 2. The minimum absolute atomic E-state index is 0.115. The van der Waals surface area contributed by atoms with Gasteiger partial charge in [-0.3, -0.25) is 14.4 Å². The molecule has 5 amide bonds. The van der Waals surface area contributed by atoms with Gasteiger partial charge in [0.1, 0.15) is 23.9 Å². The lowest BCUT2D eigenvalue weighted by Crippen LogP contribution is -2.54. The van der Waals surface area contributed by atoms with E-state index in [9.17, 15) is 24.0 Å². The number of aromatic nitrogens is 2. The van der Waals surface area contributed by atoms with Gasteiger partial charge in [-0.2, -0.15) is 0 Å². The minimum atomic E-state index is -0.802. The van der Waals surface area contributed by atoms with Gasteiger partial charge in [0.2, 0.25) is 17.7 Å². The van der Waals surface area contributed by atoms with Crippen molar-refractivity contribution in [1.82, 2.24) is 30.4 Å². The number of rotatable bonds is 11. The number of benzene rings is 3. The second-order valence-corrected chi connectivity index (χ2v) is 17.5. The molecule has 1 aliphatic carbocycles. The van der Waals surface area contributed by atoms with Crippen molar-refractivity contribution < 1.29 is 33.4 Å². The summed E-state index contributed by atoms with van der Waals surface area (Å²) in [6.07, 6.45) is 3.33. The quantitative estimate of drug-likeness (QED) is 0.121. The van der Waals surface area contributed by atoms with Gasteiger partial charge in [-0.05, 0) is 94.7 Å². The zero-order valence-electron chi connectivity index (χ0n) is 36.3. The summed E-state index contributed by atoms with van der Waals surface area (Å²) in [4.78, 5) is 76.4. The third kappa shape index (κ3) is 8.44. The zero-order valence-corrected chi connectivity index (χ0v) is 36.3. The number of likely N-dealkylation sites (tertiary alicyclic amines) is 2. The number of fused-ring (bicyclic) bond motifs is 3. The van der Waals surface area contributed by atoms with Crippen molar-refractivity contribution in [3.05, 3.63) is 83.8 Å². The highest BCUT2D eigenvalue weighted by Gasteiger charge is 2.41. The second kappa shape index (κ2) is 17.4. The van der Waals surface area contributed by atoms with Crippen molar-refractivity contribution >= 4 is 35.6 Å². The molecule has 3 heterocycles. The molecule has 4 N–H and O–H groups in total. The molecule has 3 aliphatic rings. The Morgan fingerprint density at radius 1 is 0.721 bits per heavy atom. The van der Waals surface area contributed by atoms with Crippen molar-refractivity contribution in [2.24, 2.45) is 11.8 Å². The van der Waals surface area contributed by atoms with Gasteiger partial charge >= 0.3 is 12.2 Å². The first-order valence-electron chi connectivity index (χ1n) is 21.2. The molecule has 4 atom stereocenters. The monoisotopic (exact) mass is 831 g/mol. The highest BCUT2D eigenvalue weighted by atomic mass is 16.5. The van der Waals surface area contributed by atoms with Gasteiger partial charge in [-0.1, -0.05) is 84.0 Å². The first-order valence-corrected chi connectivity index (χ1v) is 21.2. The average Bonchev–Trinajstić information content (AvgIpc) is 4.08. The molecule has 14 nitrogen and oxygen atoms in total. The molecule has 3 aromatic carbocycles. The Kier molecular flexibility index (Phi) is 12.3. The molecule has 0 saturated carbocycles. The zero-order chi connectivity index (χ0) is 43.7. The van der Waals surface area contributed by atoms with E-state index in [0.717, 1.165) is 51.9 Å². The molecule has 0 radical (unpaired) electrons. The lowest BCUT2D eigenvalue weighted by Gasteiger charge is -2.30. The van der Waals surface area contributed by atoms with Crippen LogP contribution in [0.25, 0.3) is 33.5 Å². The van der Waals surface area contributed by atoms with E-state index in [1.165, 1.54) is 19.8 Å². The van der Waals surface area contributed by atoms with Crippen molar-refractivity contribution in [2.75, 3.05) is 32.6 Å². The summed E-state index contributed by atoms with van der Waals surface area (Å²) in [6.45, 7) is 12.9. The summed E-state index contributed by atoms with van der Waals surface area (Å²) in [5.74, 6) is -0.280. The van der Waals surface area contributed by atoms with Crippen molar-refractivity contribution in [3.63, 3.8) is 0 Å². The third-order valence-corrected chi connectivity index (χ3v) is 12.5. The van der Waals surface area contributed by atoms with Crippen LogP contribution < -0.4 is 16.0 Å². The smallest absolute Gasteiger partial charge is 0.407 e. The van der Waals surface area contributed by atoms with Gasteiger partial charge in [0, 0.05) is 24.2 Å². The number of hydrogen-bond acceptors (Lipinski definition) is 8. The first kappa shape index (κ1) is 42.9. The number of ether oxygens (including phenoxy) is 2. The van der Waals surface area contributed by atoms with E-state index in [4.69, 9.17) is 14.5 Å². The van der Waals surface area contributed by atoms with E-state index in [1.54, 1.807) is 11.1 Å². The van der Waals surface area contributed by atoms with Crippen LogP contribution in [-0.4, -0.2) is 95.1 Å². The fraction of sp³-hybridized carbons (Fsp3) is 0.447. The Labute approximate surface area is 357 Å². The van der Waals surface area contributed by atoms with Gasteiger partial charge in [0.15, 0.2) is 0 Å². The Hall–Kier alpha value is -6.18. The number of imidazole rings is 1. The number of methoxy groups -OCH3 is 2. The van der Waals surface area contributed by atoms with Crippen LogP contribution in [0.2, 0.25) is 0 Å². The summed E-state index contributed by atoms with van der Waals surface area (Å²) in [7, 11) is 2.55. The van der Waals surface area contributed by atoms with Crippen LogP contribution in [0.1, 0.15) is 90.2 Å². The number of carbonyl (C=O) groups is 5. The topological polar surface area (TPSA) is 175 Å². The molecule has 4 aromatic rings. The van der Waals surface area contributed by atoms with E-state index in [1.807, 2.05) is 44.7 Å². The van der Waals surface area contributed by atoms with Crippen LogP contribution in [0.15, 0.2) is 66.9 Å². The number of amides is 5. The Bertz CT molecular complexity index is 2320. The number of aromatic amines is 1. The average molecular weight is 832 g/mol. The summed E-state index contributed by atoms with van der Waals surface area (Å²) < 4.78 is 9.51. The Balaban J connectivity index is 1.04. The van der Waals surface area contributed by atoms with Gasteiger partial charge < -0.3 is 40.2 Å². The number of nitrogens with zero attached hydrogens (tertiary/aromatic N) is 3. The summed E-state index contributed by atoms with van der Waals surface area (Å²) in [6, 6.07) is 18.5. The molecule has 2 fully saturated rings. The molecular weight excluding hydrogens is 775 g/mol. The highest BCUT2D eigenvalue weighted by Crippen LogP contribution is 2.50. The standard InChI is InChI=1S/C47H57N7O7/c1-26(2)39(51-45(58)60-7)43(56)53-21-9-11-37(53)41-48-25-36(50-41)29-15-13-28(14-16-29)30-17-19-32-33-20-18-31(24-35(33)47(5,6)34(32)23-30)49-42(55)38-12-10-22-54(38)44(57)40(27(3)4)52-46(59)61-8/h13-20,23-27,37-40H,9-12,21-22H2,1-8H3,(H,48,50)(H,49,55)(H,51,58)(H,52,59)/t37-,38-,39-,40-/m0/s1. The van der Waals surface area contributed by atoms with E-state index < -0.39 is 30.3 Å². The van der Waals surface area contributed by atoms with Crippen LogP contribution in [0.3, 0.4) is 0 Å². The maximum absolute atomic E-state index is 13.7. The van der Waals surface area contributed by atoms with Gasteiger partial charge in [0.25, 0.3) is 0 Å². The molecule has 2 saturated heterocycles. The first-order chi connectivity index (χ1) is 29.1. The number of H-pyrrole nitrogens is 1. The molecular formula is C47H57N7O7. The van der Waals surface area contributed by atoms with Gasteiger partial charge in [-0.25, -0.2) is 14.6 Å². The molecule has 7 rings (SSSR count). The molecule has 61 heavy (non-hydrogen) atoms. The van der Waals surface area contributed by atoms with Crippen LogP contribution in [0, 0.1) is 11.8 Å². The molecule has 14 heteroatoms. The predicted molar refractivity (Wildman–Crippen MR) is 232 cm³/mol. The Morgan fingerprint density at radius 2 is 1.26 bits per heavy atom. The maximum Gasteiger partial charge on any atom is 0.407 e. The fourth-order valence-corrected chi connectivity index (χ4v) is 9.09. The number of carbonyl (C=O) groups excluding carboxylic acids is 5. The van der Waals surface area contributed by atoms with Gasteiger partial charge in [0.05, 0.1) is 32.2 Å². The lowest BCUT2D eigenvalue weighted by molar-refractivity contribution is -0.139. The van der Waals surface area contributed by atoms with Crippen molar-refractivity contribution in [3.8, 4) is 33.5 Å². The summed E-state index contributed by atoms with van der Waals surface area (Å²) >= 11 is 0. The van der Waals surface area contributed by atoms with Crippen LogP contribution in [-0.2, 0) is 29.3 Å². The number of hydrogen-bond donors (Lipinski definition) is 4. The molecule has 1 aromatic heterocycles. The minimum Gasteiger partial charge on any atom is -0.453 e. The summed E-state index contributed by atoms with van der Waals surface area (Å²) in [5.41, 5.74) is 8.83. The predicted octanol–water partition coefficient (Wildman–Crippen LogP) is 7.40. The second-order valence-electron chi connectivity index (χ2n) is 17.5. The SMILES string of the molecule is COC(=O)N[C@H](C(=O)N1CCC[C@H]1C(=O)Nc1ccc2c(c1)C(C)(C)c1cc(-c3ccc(-c4cnc([C@@H]5CCCN5C(=O)[C@@H](NC(=O)OC)C(C)C)[nH]4)cc3)ccc1-2)C(C)C. The van der Waals surface area contributed by atoms with Gasteiger partial charge in [-0.15, -0.1) is 0 Å². The normalized spacial score (nSPS) is 18.7. The van der Waals surface area contributed by atoms with Crippen molar-refractivity contribution in [2.45, 2.75) is 96.8 Å². The fourth-order valence-electron chi connectivity index (χ4n) is 9.09. The molecule has 0 bridgehead atoms. The van der Waals surface area contributed by atoms with Crippen LogP contribution >= 0.6 is 0 Å². The largest absolute Gasteiger partial charge is 0.453 e. The van der Waals surface area contributed by atoms with E-state index >= 15 is 0 Å². The highest BCUT2D eigenvalue weighted by molar-refractivity contribution is 5.99. The third-order valence-electron chi connectivity index (χ3n) is 12.5. The molecule has 2 aliphatic heterocycles. The van der Waals surface area contributed by atoms with E-state index in [0.29, 0.717) is 37.4 Å². The molecule has 0 spiro atoms. The Morgan fingerprint density at radius 3 is 1.89 bits per heavy atom. The number of nitrogens with one attached hydrogen (secondary N) is 4. The molecule has 0 unspecified atom stereocenters. The van der Waals surface area contributed by atoms with Crippen molar-refractivity contribution in [1.29, 1.82) is 0 Å². The van der Waals surface area contributed by atoms with E-state index in [-0.39, 0.29) is 41.0 Å². The van der Waals surface area contributed by atoms with Crippen LogP contribution in [0.4, 0.5) is 15.3 Å². The van der Waals surface area contributed by atoms with Crippen LogP contribution in [0.5, 0.6) is 0 Å². The summed E-state index contributed by atoms with van der Waals surface area (Å²) in [5, 5.41) is 8.43. The van der Waals surface area contributed by atoms with E-state index in [2.05, 4.69) is 83.3 Å². The maximum atomic E-state index is 13.7. The lowest BCUT2D eigenvalue weighted by atomic mass is 9.81. The molecule has 322 valence electrons. The number of anilines is 1.